The maximum Gasteiger partial charge on any atom is 0.353 e. The third-order valence-corrected chi connectivity index (χ3v) is 4.66. The Labute approximate surface area is 148 Å². The average Bonchev–Trinajstić information content (AvgIpc) is 2.96. The number of esters is 1. The first-order valence-electron chi connectivity index (χ1n) is 7.35. The van der Waals surface area contributed by atoms with Gasteiger partial charge in [0.25, 0.3) is 0 Å². The standard InChI is InChI=1S/C17H18FN3O3S/c1-17(2,16(21)23)8-10-4-6-13(25-10)15(22)24-12-5-3-9(14(19)20)7-11(12)18/h3-7H,8H2,1-2H3,(H3,19,20)(H2,21,23). The number of benzene rings is 1. The molecular weight excluding hydrogens is 345 g/mol. The number of hydrogen-bond acceptors (Lipinski definition) is 5. The zero-order chi connectivity index (χ0) is 18.8. The molecule has 1 heterocycles. The molecular formula is C17H18FN3O3S. The van der Waals surface area contributed by atoms with Crippen molar-refractivity contribution in [2.45, 2.75) is 20.3 Å². The molecule has 25 heavy (non-hydrogen) atoms. The number of rotatable bonds is 6. The van der Waals surface area contributed by atoms with Crippen molar-refractivity contribution in [3.63, 3.8) is 0 Å². The molecule has 0 fully saturated rings. The second kappa shape index (κ2) is 7.02. The van der Waals surface area contributed by atoms with E-state index in [9.17, 15) is 14.0 Å². The molecule has 0 spiro atoms. The van der Waals surface area contributed by atoms with Crippen LogP contribution in [0.25, 0.3) is 0 Å². The van der Waals surface area contributed by atoms with Gasteiger partial charge in [-0.25, -0.2) is 9.18 Å². The maximum atomic E-state index is 13.9. The van der Waals surface area contributed by atoms with Gasteiger partial charge in [0.05, 0.1) is 0 Å². The lowest BCUT2D eigenvalue weighted by Gasteiger charge is -2.18. The van der Waals surface area contributed by atoms with Gasteiger partial charge in [0.15, 0.2) is 11.6 Å². The van der Waals surface area contributed by atoms with Gasteiger partial charge in [-0.05, 0) is 36.8 Å². The third kappa shape index (κ3) is 4.42. The van der Waals surface area contributed by atoms with Crippen LogP contribution in [0.5, 0.6) is 5.75 Å². The molecule has 1 aromatic carbocycles. The van der Waals surface area contributed by atoms with Crippen LogP contribution in [0.15, 0.2) is 30.3 Å². The summed E-state index contributed by atoms with van der Waals surface area (Å²) in [5.74, 6) is -2.45. The van der Waals surface area contributed by atoms with Gasteiger partial charge < -0.3 is 16.2 Å². The lowest BCUT2D eigenvalue weighted by molar-refractivity contribution is -0.125. The number of carbonyl (C=O) groups is 2. The van der Waals surface area contributed by atoms with Gasteiger partial charge in [0, 0.05) is 15.9 Å². The van der Waals surface area contributed by atoms with Crippen molar-refractivity contribution < 1.29 is 18.7 Å². The monoisotopic (exact) mass is 363 g/mol. The van der Waals surface area contributed by atoms with Crippen LogP contribution in [0.1, 0.15) is 34.0 Å². The highest BCUT2D eigenvalue weighted by molar-refractivity contribution is 7.13. The molecule has 0 aliphatic heterocycles. The highest BCUT2D eigenvalue weighted by Gasteiger charge is 2.26. The van der Waals surface area contributed by atoms with E-state index in [4.69, 9.17) is 21.6 Å². The minimum Gasteiger partial charge on any atom is -0.419 e. The largest absolute Gasteiger partial charge is 0.419 e. The van der Waals surface area contributed by atoms with Gasteiger partial charge in [-0.2, -0.15) is 0 Å². The van der Waals surface area contributed by atoms with Gasteiger partial charge >= 0.3 is 5.97 Å². The first kappa shape index (κ1) is 18.6. The number of halogens is 1. The molecule has 2 aromatic rings. The van der Waals surface area contributed by atoms with Crippen LogP contribution in [0.4, 0.5) is 4.39 Å². The van der Waals surface area contributed by atoms with E-state index in [1.54, 1.807) is 26.0 Å². The lowest BCUT2D eigenvalue weighted by atomic mass is 9.88. The molecule has 5 N–H and O–H groups in total. The lowest BCUT2D eigenvalue weighted by Crippen LogP contribution is -2.33. The van der Waals surface area contributed by atoms with Crippen LogP contribution in [0.3, 0.4) is 0 Å². The maximum absolute atomic E-state index is 13.9. The minimum atomic E-state index is -0.785. The number of nitrogen functional groups attached to an aromatic ring is 1. The summed E-state index contributed by atoms with van der Waals surface area (Å²) in [6, 6.07) is 6.93. The summed E-state index contributed by atoms with van der Waals surface area (Å²) in [5.41, 5.74) is 10.1. The summed E-state index contributed by atoms with van der Waals surface area (Å²) in [4.78, 5) is 24.6. The summed E-state index contributed by atoms with van der Waals surface area (Å²) in [7, 11) is 0. The van der Waals surface area contributed by atoms with Crippen molar-refractivity contribution in [2.24, 2.45) is 16.9 Å². The van der Waals surface area contributed by atoms with Crippen molar-refractivity contribution in [1.82, 2.24) is 0 Å². The number of carbonyl (C=O) groups excluding carboxylic acids is 2. The first-order valence-corrected chi connectivity index (χ1v) is 8.16. The fourth-order valence-corrected chi connectivity index (χ4v) is 3.12. The number of thiophene rings is 1. The van der Waals surface area contributed by atoms with Crippen molar-refractivity contribution in [3.8, 4) is 5.75 Å². The molecule has 0 saturated heterocycles. The van der Waals surface area contributed by atoms with E-state index in [0.717, 1.165) is 22.3 Å². The summed E-state index contributed by atoms with van der Waals surface area (Å²) in [5, 5.41) is 7.26. The quantitative estimate of drug-likeness (QED) is 0.316. The van der Waals surface area contributed by atoms with Crippen LogP contribution in [0, 0.1) is 16.6 Å². The zero-order valence-corrected chi connectivity index (χ0v) is 14.6. The molecule has 0 saturated carbocycles. The third-order valence-electron chi connectivity index (χ3n) is 3.59. The number of ether oxygens (including phenoxy) is 1. The smallest absolute Gasteiger partial charge is 0.353 e. The molecule has 6 nitrogen and oxygen atoms in total. The Morgan fingerprint density at radius 3 is 2.48 bits per heavy atom. The Bertz CT molecular complexity index is 845. The van der Waals surface area contributed by atoms with Crippen molar-refractivity contribution in [1.29, 1.82) is 5.41 Å². The van der Waals surface area contributed by atoms with Crippen molar-refractivity contribution in [3.05, 3.63) is 51.5 Å². The molecule has 0 radical (unpaired) electrons. The predicted molar refractivity (Wildman–Crippen MR) is 93.4 cm³/mol. The Morgan fingerprint density at radius 1 is 1.24 bits per heavy atom. The van der Waals surface area contributed by atoms with Gasteiger partial charge in [0.2, 0.25) is 5.91 Å². The number of amidine groups is 1. The molecule has 1 amide bonds. The van der Waals surface area contributed by atoms with Gasteiger partial charge in [-0.1, -0.05) is 13.8 Å². The van der Waals surface area contributed by atoms with E-state index < -0.39 is 23.1 Å². The summed E-state index contributed by atoms with van der Waals surface area (Å²) in [6.07, 6.45) is 0.391. The average molecular weight is 363 g/mol. The molecule has 0 atom stereocenters. The SMILES string of the molecule is CC(C)(Cc1ccc(C(=O)Oc2ccc(C(=N)N)cc2F)s1)C(N)=O. The fraction of sp³-hybridized carbons (Fsp3) is 0.235. The second-order valence-corrected chi connectivity index (χ2v) is 7.31. The van der Waals surface area contributed by atoms with E-state index in [-0.39, 0.29) is 22.0 Å². The van der Waals surface area contributed by atoms with E-state index in [2.05, 4.69) is 0 Å². The molecule has 2 rings (SSSR count). The Kier molecular flexibility index (Phi) is 5.22. The number of nitrogens with one attached hydrogen (secondary N) is 1. The van der Waals surface area contributed by atoms with Gasteiger partial charge in [-0.15, -0.1) is 11.3 Å². The normalized spacial score (nSPS) is 11.2. The molecule has 8 heteroatoms. The number of primary amides is 1. The first-order chi connectivity index (χ1) is 11.6. The molecule has 0 aliphatic carbocycles. The summed E-state index contributed by atoms with van der Waals surface area (Å²) in [6.45, 7) is 3.44. The Hall–Kier alpha value is -2.74. The number of nitrogens with two attached hydrogens (primary N) is 2. The van der Waals surface area contributed by atoms with Crippen LogP contribution in [-0.2, 0) is 11.2 Å². The second-order valence-electron chi connectivity index (χ2n) is 6.14. The molecule has 0 unspecified atom stereocenters. The topological polar surface area (TPSA) is 119 Å². The summed E-state index contributed by atoms with van der Waals surface area (Å²) < 4.78 is 19.0. The molecule has 0 aliphatic rings. The van der Waals surface area contributed by atoms with Crippen LogP contribution in [0.2, 0.25) is 0 Å². The van der Waals surface area contributed by atoms with E-state index in [0.29, 0.717) is 6.42 Å². The Balaban J connectivity index is 2.12. The van der Waals surface area contributed by atoms with E-state index >= 15 is 0 Å². The molecule has 1 aromatic heterocycles. The van der Waals surface area contributed by atoms with E-state index in [1.807, 2.05) is 0 Å². The Morgan fingerprint density at radius 2 is 1.92 bits per heavy atom. The van der Waals surface area contributed by atoms with E-state index in [1.165, 1.54) is 12.1 Å². The highest BCUT2D eigenvalue weighted by atomic mass is 32.1. The predicted octanol–water partition coefficient (Wildman–Crippen LogP) is 2.44. The van der Waals surface area contributed by atoms with Crippen molar-refractivity contribution >= 4 is 29.0 Å². The zero-order valence-electron chi connectivity index (χ0n) is 13.8. The summed E-state index contributed by atoms with van der Waals surface area (Å²) >= 11 is 1.16. The fourth-order valence-electron chi connectivity index (χ4n) is 2.01. The van der Waals surface area contributed by atoms with Crippen LogP contribution >= 0.6 is 11.3 Å². The van der Waals surface area contributed by atoms with Crippen LogP contribution < -0.4 is 16.2 Å². The molecule has 132 valence electrons. The highest BCUT2D eigenvalue weighted by Crippen LogP contribution is 2.28. The van der Waals surface area contributed by atoms with Crippen molar-refractivity contribution in [2.75, 3.05) is 0 Å². The number of amides is 1. The minimum absolute atomic E-state index is 0.199. The van der Waals surface area contributed by atoms with Crippen LogP contribution in [-0.4, -0.2) is 17.7 Å². The molecule has 0 bridgehead atoms. The van der Waals surface area contributed by atoms with Gasteiger partial charge in [-0.3, -0.25) is 10.2 Å². The number of hydrogen-bond donors (Lipinski definition) is 3. The van der Waals surface area contributed by atoms with Gasteiger partial charge in [0.1, 0.15) is 10.7 Å².